The van der Waals surface area contributed by atoms with Gasteiger partial charge in [0, 0.05) is 31.4 Å². The van der Waals surface area contributed by atoms with Crippen LogP contribution in [0.2, 0.25) is 0 Å². The number of carboxylic acid groups (broad SMARTS) is 1. The van der Waals surface area contributed by atoms with Crippen molar-refractivity contribution in [1.82, 2.24) is 19.9 Å². The molecule has 2 aromatic heterocycles. The van der Waals surface area contributed by atoms with E-state index >= 15 is 0 Å². The molecule has 4 rings (SSSR count). The third kappa shape index (κ3) is 6.13. The molecule has 1 N–H and O–H groups in total. The number of carbonyl (C=O) groups is 2. The maximum Gasteiger partial charge on any atom is 0.490 e. The maximum absolute atomic E-state index is 12.7. The second-order valence-electron chi connectivity index (χ2n) is 7.33. The Balaban J connectivity index is 0.000000360. The molecule has 1 spiro atoms. The van der Waals surface area contributed by atoms with E-state index in [0.717, 1.165) is 25.8 Å². The Bertz CT molecular complexity index is 916. The second kappa shape index (κ2) is 9.90. The Labute approximate surface area is 181 Å². The predicted octanol–water partition coefficient (Wildman–Crippen LogP) is 2.35. The molecule has 9 nitrogen and oxygen atoms in total. The number of alkyl halides is 3. The number of nitrogens with zero attached hydrogens (tertiary/aromatic N) is 4. The van der Waals surface area contributed by atoms with Crippen molar-refractivity contribution in [2.24, 2.45) is 0 Å². The first-order chi connectivity index (χ1) is 15.2. The minimum atomic E-state index is -5.08. The van der Waals surface area contributed by atoms with Crippen LogP contribution in [0, 0.1) is 0 Å². The highest BCUT2D eigenvalue weighted by Crippen LogP contribution is 2.36. The number of aliphatic carboxylic acids is 1. The van der Waals surface area contributed by atoms with E-state index in [1.807, 2.05) is 23.1 Å². The van der Waals surface area contributed by atoms with Crippen LogP contribution in [0.1, 0.15) is 29.8 Å². The number of amides is 1. The molecule has 4 heterocycles. The average molecular weight is 454 g/mol. The number of carbonyl (C=O) groups excluding carboxylic acids is 1. The topological polar surface area (TPSA) is 115 Å². The van der Waals surface area contributed by atoms with E-state index in [9.17, 15) is 18.0 Å². The van der Waals surface area contributed by atoms with Crippen LogP contribution < -0.4 is 4.74 Å². The number of ether oxygens (including phenoxy) is 2. The molecule has 2 fully saturated rings. The highest BCUT2D eigenvalue weighted by Gasteiger charge is 2.45. The van der Waals surface area contributed by atoms with Gasteiger partial charge in [-0.2, -0.15) is 13.2 Å². The predicted molar refractivity (Wildman–Crippen MR) is 103 cm³/mol. The maximum atomic E-state index is 12.7. The highest BCUT2D eigenvalue weighted by molar-refractivity contribution is 5.92. The lowest BCUT2D eigenvalue weighted by Crippen LogP contribution is -2.50. The van der Waals surface area contributed by atoms with Gasteiger partial charge in [-0.25, -0.2) is 19.7 Å². The molecule has 32 heavy (non-hydrogen) atoms. The van der Waals surface area contributed by atoms with E-state index in [2.05, 4.69) is 15.0 Å². The molecule has 2 aromatic rings. The van der Waals surface area contributed by atoms with Crippen LogP contribution in [0.3, 0.4) is 0 Å². The number of aromatic nitrogens is 3. The minimum Gasteiger partial charge on any atom is -0.475 e. The third-order valence-corrected chi connectivity index (χ3v) is 4.97. The van der Waals surface area contributed by atoms with Gasteiger partial charge in [-0.15, -0.1) is 0 Å². The SMILES string of the molecule is O=C(O)C(F)(F)F.O=C(c1ccncn1)N1CCC[C@]2(C[C@@H](Oc3ccccn3)CO2)C1. The number of piperidine rings is 1. The van der Waals surface area contributed by atoms with E-state index < -0.39 is 12.1 Å². The molecule has 1 amide bonds. The van der Waals surface area contributed by atoms with Crippen LogP contribution in [0.4, 0.5) is 13.2 Å². The lowest BCUT2D eigenvalue weighted by molar-refractivity contribution is -0.192. The summed E-state index contributed by atoms with van der Waals surface area (Å²) >= 11 is 0. The normalized spacial score (nSPS) is 22.7. The summed E-state index contributed by atoms with van der Waals surface area (Å²) in [5, 5.41) is 7.12. The summed E-state index contributed by atoms with van der Waals surface area (Å²) in [6.45, 7) is 1.81. The van der Waals surface area contributed by atoms with Gasteiger partial charge in [0.2, 0.25) is 5.88 Å². The van der Waals surface area contributed by atoms with Gasteiger partial charge in [-0.3, -0.25) is 4.79 Å². The van der Waals surface area contributed by atoms with Crippen molar-refractivity contribution in [2.45, 2.75) is 37.1 Å². The molecular formula is C20H21F3N4O5. The first-order valence-corrected chi connectivity index (χ1v) is 9.76. The largest absolute Gasteiger partial charge is 0.490 e. The van der Waals surface area contributed by atoms with E-state index in [1.165, 1.54) is 6.33 Å². The zero-order valence-corrected chi connectivity index (χ0v) is 16.9. The van der Waals surface area contributed by atoms with Crippen LogP contribution in [0.15, 0.2) is 43.0 Å². The van der Waals surface area contributed by atoms with Gasteiger partial charge in [0.05, 0.1) is 18.8 Å². The van der Waals surface area contributed by atoms with E-state index in [0.29, 0.717) is 24.7 Å². The van der Waals surface area contributed by atoms with Crippen molar-refractivity contribution < 1.29 is 37.3 Å². The number of likely N-dealkylation sites (tertiary alicyclic amines) is 1. The van der Waals surface area contributed by atoms with Crippen LogP contribution in [0.5, 0.6) is 5.88 Å². The molecule has 0 unspecified atom stereocenters. The molecule has 2 aliphatic rings. The van der Waals surface area contributed by atoms with Gasteiger partial charge in [0.1, 0.15) is 18.1 Å². The number of hydrogen-bond acceptors (Lipinski definition) is 7. The van der Waals surface area contributed by atoms with Gasteiger partial charge in [0.15, 0.2) is 0 Å². The van der Waals surface area contributed by atoms with E-state index in [1.54, 1.807) is 18.5 Å². The van der Waals surface area contributed by atoms with Gasteiger partial charge >= 0.3 is 12.1 Å². The Morgan fingerprint density at radius 3 is 2.62 bits per heavy atom. The molecule has 0 aromatic carbocycles. The molecule has 0 radical (unpaired) electrons. The average Bonchev–Trinajstić information content (AvgIpc) is 3.15. The summed E-state index contributed by atoms with van der Waals surface area (Å²) in [6, 6.07) is 7.25. The first kappa shape index (κ1) is 23.4. The minimum absolute atomic E-state index is 0.0380. The summed E-state index contributed by atoms with van der Waals surface area (Å²) < 4.78 is 43.8. The van der Waals surface area contributed by atoms with Crippen molar-refractivity contribution in [3.05, 3.63) is 48.7 Å². The Morgan fingerprint density at radius 1 is 1.22 bits per heavy atom. The molecule has 2 aliphatic heterocycles. The van der Waals surface area contributed by atoms with Crippen molar-refractivity contribution >= 4 is 11.9 Å². The summed E-state index contributed by atoms with van der Waals surface area (Å²) in [7, 11) is 0. The van der Waals surface area contributed by atoms with Crippen molar-refractivity contribution in [1.29, 1.82) is 0 Å². The van der Waals surface area contributed by atoms with Crippen LogP contribution in [-0.4, -0.2) is 74.4 Å². The fourth-order valence-corrected chi connectivity index (χ4v) is 3.60. The number of halogens is 3. The third-order valence-electron chi connectivity index (χ3n) is 4.97. The smallest absolute Gasteiger partial charge is 0.475 e. The molecule has 12 heteroatoms. The summed E-state index contributed by atoms with van der Waals surface area (Å²) in [4.78, 5) is 35.5. The van der Waals surface area contributed by atoms with Gasteiger partial charge in [0.25, 0.3) is 5.91 Å². The molecule has 0 saturated carbocycles. The Morgan fingerprint density at radius 2 is 2.00 bits per heavy atom. The van der Waals surface area contributed by atoms with Gasteiger partial charge in [-0.05, 0) is 25.0 Å². The van der Waals surface area contributed by atoms with E-state index in [4.69, 9.17) is 19.4 Å². The highest BCUT2D eigenvalue weighted by atomic mass is 19.4. The first-order valence-electron chi connectivity index (χ1n) is 9.76. The lowest BCUT2D eigenvalue weighted by Gasteiger charge is -2.39. The number of carboxylic acids is 1. The Hall–Kier alpha value is -3.28. The summed E-state index contributed by atoms with van der Waals surface area (Å²) in [6.07, 6.45) is 2.18. The molecule has 172 valence electrons. The number of rotatable bonds is 3. The van der Waals surface area contributed by atoms with Gasteiger partial charge < -0.3 is 19.5 Å². The van der Waals surface area contributed by atoms with Crippen LogP contribution in [-0.2, 0) is 9.53 Å². The lowest BCUT2D eigenvalue weighted by atomic mass is 9.89. The molecule has 2 atom stereocenters. The van der Waals surface area contributed by atoms with Crippen LogP contribution >= 0.6 is 0 Å². The quantitative estimate of drug-likeness (QED) is 0.752. The van der Waals surface area contributed by atoms with Crippen LogP contribution in [0.25, 0.3) is 0 Å². The zero-order valence-electron chi connectivity index (χ0n) is 16.9. The zero-order chi connectivity index (χ0) is 23.2. The van der Waals surface area contributed by atoms with Crippen molar-refractivity contribution in [2.75, 3.05) is 19.7 Å². The summed E-state index contributed by atoms with van der Waals surface area (Å²) in [5.74, 6) is -2.22. The molecule has 2 saturated heterocycles. The van der Waals surface area contributed by atoms with Crippen molar-refractivity contribution in [3.8, 4) is 5.88 Å². The molecule has 0 bridgehead atoms. The Kier molecular flexibility index (Phi) is 7.23. The number of hydrogen-bond donors (Lipinski definition) is 1. The molecule has 0 aliphatic carbocycles. The fraction of sp³-hybridized carbons (Fsp3) is 0.450. The second-order valence-corrected chi connectivity index (χ2v) is 7.33. The number of pyridine rings is 1. The summed E-state index contributed by atoms with van der Waals surface area (Å²) in [5.41, 5.74) is 0.0896. The monoisotopic (exact) mass is 454 g/mol. The van der Waals surface area contributed by atoms with Gasteiger partial charge in [-0.1, -0.05) is 6.07 Å². The standard InChI is InChI=1S/C18H20N4O3.C2HF3O2/c23-17(15-5-8-19-13-21-15)22-9-3-6-18(12-22)10-14(11-24-18)25-16-4-1-2-7-20-16;3-2(4,5)1(6)7/h1-2,4-5,7-8,13-14H,3,6,9-12H2;(H,6,7)/t14-,18+;/m1./s1. The molecular weight excluding hydrogens is 433 g/mol. The van der Waals surface area contributed by atoms with E-state index in [-0.39, 0.29) is 17.6 Å². The van der Waals surface area contributed by atoms with Crippen molar-refractivity contribution in [3.63, 3.8) is 0 Å². The fourth-order valence-electron chi connectivity index (χ4n) is 3.60.